The first kappa shape index (κ1) is 14.4. The Bertz CT molecular complexity index is 283. The first-order valence-electron chi connectivity index (χ1n) is 4.80. The van der Waals surface area contributed by atoms with E-state index in [1.165, 1.54) is 7.11 Å². The second kappa shape index (κ2) is 6.79. The fraction of sp³-hybridized carbons (Fsp3) is 0.889. The first-order valence-corrected chi connectivity index (χ1v) is 6.62. The van der Waals surface area contributed by atoms with E-state index in [2.05, 4.69) is 8.92 Å². The number of hydrogen-bond donors (Lipinski definition) is 0. The van der Waals surface area contributed by atoms with E-state index in [0.29, 0.717) is 12.8 Å². The second-order valence-corrected chi connectivity index (χ2v) is 5.02. The standard InChI is InChI=1S/C9H18O5S/c1-4-8(5-6-9(10)13-2)7-14-15(3,11)12/h8H,4-7H2,1-3H3. The highest BCUT2D eigenvalue weighted by Crippen LogP contribution is 2.12. The van der Waals surface area contributed by atoms with E-state index < -0.39 is 10.1 Å². The van der Waals surface area contributed by atoms with Crippen LogP contribution >= 0.6 is 0 Å². The lowest BCUT2D eigenvalue weighted by atomic mass is 10.0. The second-order valence-electron chi connectivity index (χ2n) is 3.38. The molecule has 6 heteroatoms. The van der Waals surface area contributed by atoms with Crippen molar-refractivity contribution >= 4 is 16.1 Å². The third-order valence-electron chi connectivity index (χ3n) is 2.08. The van der Waals surface area contributed by atoms with Crippen LogP contribution in [0.25, 0.3) is 0 Å². The van der Waals surface area contributed by atoms with Gasteiger partial charge in [0.05, 0.1) is 20.0 Å². The van der Waals surface area contributed by atoms with Gasteiger partial charge in [0.2, 0.25) is 0 Å². The molecule has 15 heavy (non-hydrogen) atoms. The van der Waals surface area contributed by atoms with Crippen LogP contribution in [0.3, 0.4) is 0 Å². The van der Waals surface area contributed by atoms with Crippen molar-refractivity contribution < 1.29 is 22.1 Å². The molecular weight excluding hydrogens is 220 g/mol. The van der Waals surface area contributed by atoms with Crippen molar-refractivity contribution in [2.24, 2.45) is 5.92 Å². The van der Waals surface area contributed by atoms with Gasteiger partial charge in [0.1, 0.15) is 0 Å². The molecule has 5 nitrogen and oxygen atoms in total. The molecule has 0 aromatic rings. The van der Waals surface area contributed by atoms with Crippen molar-refractivity contribution in [3.05, 3.63) is 0 Å². The van der Waals surface area contributed by atoms with Gasteiger partial charge in [-0.1, -0.05) is 13.3 Å². The average molecular weight is 238 g/mol. The fourth-order valence-electron chi connectivity index (χ4n) is 1.05. The number of ether oxygens (including phenoxy) is 1. The third-order valence-corrected chi connectivity index (χ3v) is 2.64. The van der Waals surface area contributed by atoms with Gasteiger partial charge in [-0.3, -0.25) is 8.98 Å². The van der Waals surface area contributed by atoms with Gasteiger partial charge < -0.3 is 4.74 Å². The summed E-state index contributed by atoms with van der Waals surface area (Å²) in [7, 11) is -2.06. The maximum Gasteiger partial charge on any atom is 0.305 e. The van der Waals surface area contributed by atoms with Crippen LogP contribution in [0.2, 0.25) is 0 Å². The van der Waals surface area contributed by atoms with Crippen LogP contribution in [0, 0.1) is 5.92 Å². The normalized spacial score (nSPS) is 13.5. The van der Waals surface area contributed by atoms with Crippen LogP contribution in [0.5, 0.6) is 0 Å². The molecule has 0 rings (SSSR count). The molecule has 0 aromatic heterocycles. The van der Waals surface area contributed by atoms with Crippen molar-refractivity contribution in [3.8, 4) is 0 Å². The highest BCUT2D eigenvalue weighted by atomic mass is 32.2. The maximum atomic E-state index is 10.9. The predicted octanol–water partition coefficient (Wildman–Crippen LogP) is 0.942. The number of rotatable bonds is 7. The van der Waals surface area contributed by atoms with Crippen molar-refractivity contribution in [1.29, 1.82) is 0 Å². The van der Waals surface area contributed by atoms with E-state index in [1.807, 2.05) is 6.92 Å². The third kappa shape index (κ3) is 8.38. The molecule has 0 spiro atoms. The van der Waals surface area contributed by atoms with Crippen LogP contribution in [-0.2, 0) is 23.8 Å². The molecule has 1 atom stereocenters. The van der Waals surface area contributed by atoms with E-state index in [4.69, 9.17) is 0 Å². The van der Waals surface area contributed by atoms with Crippen LogP contribution in [-0.4, -0.2) is 34.4 Å². The minimum atomic E-state index is -3.39. The van der Waals surface area contributed by atoms with Gasteiger partial charge in [-0.2, -0.15) is 8.42 Å². The topological polar surface area (TPSA) is 69.7 Å². The lowest BCUT2D eigenvalue weighted by molar-refractivity contribution is -0.141. The quantitative estimate of drug-likeness (QED) is 0.487. The van der Waals surface area contributed by atoms with Gasteiger partial charge in [-0.25, -0.2) is 0 Å². The Hall–Kier alpha value is -0.620. The fourth-order valence-corrected chi connectivity index (χ4v) is 1.49. The highest BCUT2D eigenvalue weighted by Gasteiger charge is 2.12. The summed E-state index contributed by atoms with van der Waals surface area (Å²) in [6.45, 7) is 2.06. The predicted molar refractivity (Wildman–Crippen MR) is 55.8 cm³/mol. The number of carbonyl (C=O) groups excluding carboxylic acids is 1. The van der Waals surface area contributed by atoms with E-state index in [0.717, 1.165) is 12.7 Å². The Morgan fingerprint density at radius 2 is 2.00 bits per heavy atom. The number of carbonyl (C=O) groups is 1. The van der Waals surface area contributed by atoms with E-state index >= 15 is 0 Å². The van der Waals surface area contributed by atoms with Crippen molar-refractivity contribution in [3.63, 3.8) is 0 Å². The number of esters is 1. The largest absolute Gasteiger partial charge is 0.469 e. The Balaban J connectivity index is 3.88. The zero-order valence-electron chi connectivity index (χ0n) is 9.36. The molecule has 0 heterocycles. The Labute approximate surface area is 90.9 Å². The smallest absolute Gasteiger partial charge is 0.305 e. The molecule has 0 saturated heterocycles. The van der Waals surface area contributed by atoms with Crippen LogP contribution in [0.4, 0.5) is 0 Å². The van der Waals surface area contributed by atoms with Gasteiger partial charge in [0, 0.05) is 6.42 Å². The molecule has 0 aliphatic rings. The molecule has 0 amide bonds. The lowest BCUT2D eigenvalue weighted by Gasteiger charge is -2.12. The summed E-state index contributed by atoms with van der Waals surface area (Å²) in [6, 6.07) is 0. The molecular formula is C9H18O5S. The summed E-state index contributed by atoms with van der Waals surface area (Å²) in [5.41, 5.74) is 0. The van der Waals surface area contributed by atoms with Crippen LogP contribution in [0.1, 0.15) is 26.2 Å². The molecule has 0 radical (unpaired) electrons. The molecule has 0 saturated carbocycles. The molecule has 0 bridgehead atoms. The number of methoxy groups -OCH3 is 1. The zero-order valence-corrected chi connectivity index (χ0v) is 10.2. The summed E-state index contributed by atoms with van der Waals surface area (Å²) in [5, 5.41) is 0. The highest BCUT2D eigenvalue weighted by molar-refractivity contribution is 7.85. The van der Waals surface area contributed by atoms with Crippen LogP contribution < -0.4 is 0 Å². The van der Waals surface area contributed by atoms with Gasteiger partial charge in [-0.15, -0.1) is 0 Å². The van der Waals surface area contributed by atoms with E-state index in [9.17, 15) is 13.2 Å². The van der Waals surface area contributed by atoms with Gasteiger partial charge >= 0.3 is 5.97 Å². The van der Waals surface area contributed by atoms with Crippen molar-refractivity contribution in [2.75, 3.05) is 20.0 Å². The minimum Gasteiger partial charge on any atom is -0.469 e. The molecule has 0 aliphatic heterocycles. The van der Waals surface area contributed by atoms with Gasteiger partial charge in [0.25, 0.3) is 10.1 Å². The van der Waals surface area contributed by atoms with E-state index in [1.54, 1.807) is 0 Å². The molecule has 0 fully saturated rings. The van der Waals surface area contributed by atoms with Gasteiger partial charge in [0.15, 0.2) is 0 Å². The molecule has 90 valence electrons. The zero-order chi connectivity index (χ0) is 11.9. The Morgan fingerprint density at radius 1 is 1.40 bits per heavy atom. The Kier molecular flexibility index (Phi) is 6.51. The van der Waals surface area contributed by atoms with Gasteiger partial charge in [-0.05, 0) is 12.3 Å². The summed E-state index contributed by atoms with van der Waals surface area (Å²) >= 11 is 0. The molecule has 0 N–H and O–H groups in total. The summed E-state index contributed by atoms with van der Waals surface area (Å²) < 4.78 is 30.6. The SMILES string of the molecule is CCC(CCC(=O)OC)COS(C)(=O)=O. The molecule has 0 aromatic carbocycles. The van der Waals surface area contributed by atoms with Crippen molar-refractivity contribution in [1.82, 2.24) is 0 Å². The monoisotopic (exact) mass is 238 g/mol. The minimum absolute atomic E-state index is 0.0684. The van der Waals surface area contributed by atoms with Crippen LogP contribution in [0.15, 0.2) is 0 Å². The molecule has 1 unspecified atom stereocenters. The van der Waals surface area contributed by atoms with E-state index in [-0.39, 0.29) is 18.5 Å². The average Bonchev–Trinajstić information content (AvgIpc) is 2.16. The lowest BCUT2D eigenvalue weighted by Crippen LogP contribution is -2.14. The molecule has 0 aliphatic carbocycles. The Morgan fingerprint density at radius 3 is 2.40 bits per heavy atom. The maximum absolute atomic E-state index is 10.9. The summed E-state index contributed by atoms with van der Waals surface area (Å²) in [6.07, 6.45) is 2.66. The first-order chi connectivity index (χ1) is 6.89. The number of hydrogen-bond acceptors (Lipinski definition) is 5. The summed E-state index contributed by atoms with van der Waals surface area (Å²) in [4.78, 5) is 10.9. The van der Waals surface area contributed by atoms with Crippen molar-refractivity contribution in [2.45, 2.75) is 26.2 Å². The summed E-state index contributed by atoms with van der Waals surface area (Å²) in [5.74, 6) is -0.216.